The molecule has 0 bridgehead atoms. The lowest BCUT2D eigenvalue weighted by Gasteiger charge is -2.01. The molecule has 0 saturated heterocycles. The molecule has 1 heterocycles. The van der Waals surface area contributed by atoms with E-state index < -0.39 is 0 Å². The molecule has 3 nitrogen and oxygen atoms in total. The number of benzene rings is 1. The molecule has 0 aliphatic heterocycles. The minimum absolute atomic E-state index is 0.687. The Balaban J connectivity index is 2.79. The van der Waals surface area contributed by atoms with Crippen molar-refractivity contribution in [2.45, 2.75) is 20.4 Å². The molecule has 0 atom stereocenters. The number of nitriles is 1. The fourth-order valence-electron chi connectivity index (χ4n) is 1.71. The quantitative estimate of drug-likeness (QED) is 0.683. The molecular weight excluding hydrogens is 174 g/mol. The maximum atomic E-state index is 8.79. The van der Waals surface area contributed by atoms with Crippen LogP contribution in [0.5, 0.6) is 0 Å². The topological polar surface area (TPSA) is 41.6 Å². The molecule has 0 saturated carbocycles. The first-order valence-corrected chi connectivity index (χ1v) is 4.63. The Morgan fingerprint density at radius 1 is 1.50 bits per heavy atom. The van der Waals surface area contributed by atoms with Gasteiger partial charge in [0.2, 0.25) is 0 Å². The highest BCUT2D eigenvalue weighted by Gasteiger charge is 2.05. The molecule has 2 aromatic rings. The lowest BCUT2D eigenvalue weighted by molar-refractivity contribution is 0.753. The maximum Gasteiger partial charge on any atom is 0.106 e. The van der Waals surface area contributed by atoms with E-state index in [2.05, 4.69) is 22.5 Å². The minimum Gasteiger partial charge on any atom is -0.328 e. The second kappa shape index (κ2) is 3.15. The normalized spacial score (nSPS) is 10.4. The summed E-state index contributed by atoms with van der Waals surface area (Å²) in [7, 11) is 0. The first-order valence-electron chi connectivity index (χ1n) is 4.63. The molecule has 14 heavy (non-hydrogen) atoms. The highest BCUT2D eigenvalue weighted by molar-refractivity contribution is 5.77. The number of hydrogen-bond acceptors (Lipinski definition) is 2. The van der Waals surface area contributed by atoms with Gasteiger partial charge in [0, 0.05) is 6.54 Å². The van der Waals surface area contributed by atoms with Crippen molar-refractivity contribution >= 4 is 11.0 Å². The Labute approximate surface area is 82.6 Å². The van der Waals surface area contributed by atoms with Crippen molar-refractivity contribution in [1.82, 2.24) is 9.55 Å². The van der Waals surface area contributed by atoms with Gasteiger partial charge in [0.15, 0.2) is 0 Å². The minimum atomic E-state index is 0.687. The van der Waals surface area contributed by atoms with Gasteiger partial charge in [-0.3, -0.25) is 0 Å². The first-order chi connectivity index (χ1) is 6.76. The zero-order valence-corrected chi connectivity index (χ0v) is 8.28. The molecule has 0 N–H and O–H groups in total. The van der Waals surface area contributed by atoms with Crippen LogP contribution in [-0.4, -0.2) is 9.55 Å². The average molecular weight is 185 g/mol. The summed E-state index contributed by atoms with van der Waals surface area (Å²) in [5, 5.41) is 8.79. The fraction of sp³-hybridized carbons (Fsp3) is 0.273. The molecule has 3 heteroatoms. The van der Waals surface area contributed by atoms with Crippen LogP contribution in [-0.2, 0) is 6.54 Å². The van der Waals surface area contributed by atoms with Crippen molar-refractivity contribution in [2.24, 2.45) is 0 Å². The van der Waals surface area contributed by atoms with Crippen LogP contribution in [0, 0.1) is 18.3 Å². The first kappa shape index (κ1) is 8.76. The molecule has 0 spiro atoms. The van der Waals surface area contributed by atoms with Gasteiger partial charge in [-0.25, -0.2) is 4.98 Å². The molecule has 0 unspecified atom stereocenters. The van der Waals surface area contributed by atoms with Gasteiger partial charge in [-0.2, -0.15) is 5.26 Å². The summed E-state index contributed by atoms with van der Waals surface area (Å²) >= 11 is 0. The Hall–Kier alpha value is -1.82. The van der Waals surface area contributed by atoms with Crippen LogP contribution in [0.2, 0.25) is 0 Å². The summed E-state index contributed by atoms with van der Waals surface area (Å²) in [6, 6.07) is 7.72. The number of fused-ring (bicyclic) bond motifs is 1. The van der Waals surface area contributed by atoms with Crippen LogP contribution in [0.4, 0.5) is 0 Å². The van der Waals surface area contributed by atoms with Crippen LogP contribution >= 0.6 is 0 Å². The number of aromatic nitrogens is 2. The Morgan fingerprint density at radius 2 is 2.29 bits per heavy atom. The molecule has 0 aliphatic rings. The second-order valence-corrected chi connectivity index (χ2v) is 3.22. The smallest absolute Gasteiger partial charge is 0.106 e. The molecule has 1 aromatic heterocycles. The van der Waals surface area contributed by atoms with Gasteiger partial charge in [0.1, 0.15) is 5.82 Å². The van der Waals surface area contributed by atoms with Crippen LogP contribution in [0.1, 0.15) is 18.3 Å². The molecule has 70 valence electrons. The molecule has 0 fully saturated rings. The fourth-order valence-corrected chi connectivity index (χ4v) is 1.71. The van der Waals surface area contributed by atoms with Gasteiger partial charge >= 0.3 is 0 Å². The van der Waals surface area contributed by atoms with Crippen LogP contribution in [0.3, 0.4) is 0 Å². The molecule has 0 amide bonds. The summed E-state index contributed by atoms with van der Waals surface area (Å²) in [5.74, 6) is 0.998. The van der Waals surface area contributed by atoms with E-state index in [0.717, 1.165) is 23.4 Å². The van der Waals surface area contributed by atoms with Crippen molar-refractivity contribution in [3.63, 3.8) is 0 Å². The van der Waals surface area contributed by atoms with Gasteiger partial charge in [0.25, 0.3) is 0 Å². The van der Waals surface area contributed by atoms with Gasteiger partial charge < -0.3 is 4.57 Å². The van der Waals surface area contributed by atoms with Crippen LogP contribution < -0.4 is 0 Å². The maximum absolute atomic E-state index is 8.79. The van der Waals surface area contributed by atoms with E-state index in [1.807, 2.05) is 19.1 Å². The predicted molar refractivity (Wildman–Crippen MR) is 54.9 cm³/mol. The zero-order valence-electron chi connectivity index (χ0n) is 8.28. The third kappa shape index (κ3) is 1.16. The standard InChI is InChI=1S/C11H11N3/c1-3-14-8(2)13-10-5-4-9(7-12)6-11(10)14/h4-6H,3H2,1-2H3. The van der Waals surface area contributed by atoms with Crippen LogP contribution in [0.25, 0.3) is 11.0 Å². The molecule has 2 rings (SSSR count). The van der Waals surface area contributed by atoms with Gasteiger partial charge in [-0.15, -0.1) is 0 Å². The second-order valence-electron chi connectivity index (χ2n) is 3.22. The lowest BCUT2D eigenvalue weighted by atomic mass is 10.2. The third-order valence-corrected chi connectivity index (χ3v) is 2.38. The number of nitrogens with zero attached hydrogens (tertiary/aromatic N) is 3. The summed E-state index contributed by atoms with van der Waals surface area (Å²) < 4.78 is 2.11. The van der Waals surface area contributed by atoms with Gasteiger partial charge in [-0.05, 0) is 32.0 Å². The van der Waals surface area contributed by atoms with Crippen molar-refractivity contribution in [3.05, 3.63) is 29.6 Å². The summed E-state index contributed by atoms with van der Waals surface area (Å²) in [5.41, 5.74) is 2.69. The highest BCUT2D eigenvalue weighted by Crippen LogP contribution is 2.17. The van der Waals surface area contributed by atoms with Crippen molar-refractivity contribution < 1.29 is 0 Å². The van der Waals surface area contributed by atoms with E-state index >= 15 is 0 Å². The molecule has 0 aliphatic carbocycles. The third-order valence-electron chi connectivity index (χ3n) is 2.38. The number of imidazole rings is 1. The van der Waals surface area contributed by atoms with Crippen LogP contribution in [0.15, 0.2) is 18.2 Å². The van der Waals surface area contributed by atoms with E-state index in [1.165, 1.54) is 0 Å². The number of hydrogen-bond donors (Lipinski definition) is 0. The summed E-state index contributed by atoms with van der Waals surface area (Å²) in [4.78, 5) is 4.41. The Kier molecular flexibility index (Phi) is 1.97. The van der Waals surface area contributed by atoms with E-state index in [9.17, 15) is 0 Å². The van der Waals surface area contributed by atoms with Crippen molar-refractivity contribution in [3.8, 4) is 6.07 Å². The monoisotopic (exact) mass is 185 g/mol. The molecular formula is C11H11N3. The Bertz CT molecular complexity index is 517. The van der Waals surface area contributed by atoms with E-state index in [1.54, 1.807) is 6.07 Å². The summed E-state index contributed by atoms with van der Waals surface area (Å²) in [6.45, 7) is 4.94. The van der Waals surface area contributed by atoms with E-state index in [0.29, 0.717) is 5.56 Å². The SMILES string of the molecule is CCn1c(C)nc2ccc(C#N)cc21. The lowest BCUT2D eigenvalue weighted by Crippen LogP contribution is -1.96. The van der Waals surface area contributed by atoms with Crippen molar-refractivity contribution in [1.29, 1.82) is 5.26 Å². The van der Waals surface area contributed by atoms with Crippen molar-refractivity contribution in [2.75, 3.05) is 0 Å². The highest BCUT2D eigenvalue weighted by atomic mass is 15.1. The average Bonchev–Trinajstić information content (AvgIpc) is 2.52. The zero-order chi connectivity index (χ0) is 10.1. The summed E-state index contributed by atoms with van der Waals surface area (Å²) in [6.07, 6.45) is 0. The predicted octanol–water partition coefficient (Wildman–Crippen LogP) is 2.24. The Morgan fingerprint density at radius 3 is 2.93 bits per heavy atom. The number of aryl methyl sites for hydroxylation is 2. The largest absolute Gasteiger partial charge is 0.328 e. The molecule has 0 radical (unpaired) electrons. The van der Waals surface area contributed by atoms with Gasteiger partial charge in [-0.1, -0.05) is 0 Å². The molecule has 1 aromatic carbocycles. The number of rotatable bonds is 1. The van der Waals surface area contributed by atoms with Gasteiger partial charge in [0.05, 0.1) is 22.7 Å². The van der Waals surface area contributed by atoms with E-state index in [4.69, 9.17) is 5.26 Å². The van der Waals surface area contributed by atoms with E-state index in [-0.39, 0.29) is 0 Å².